The fraction of sp³-hybridized carbons (Fsp3) is 0.545. The van der Waals surface area contributed by atoms with E-state index in [9.17, 15) is 13.5 Å². The molecule has 106 valence electrons. The first-order valence-electron chi connectivity index (χ1n) is 5.82. The Morgan fingerprint density at radius 3 is 2.74 bits per heavy atom. The summed E-state index contributed by atoms with van der Waals surface area (Å²) < 4.78 is 32.3. The van der Waals surface area contributed by atoms with E-state index < -0.39 is 15.6 Å². The minimum atomic E-state index is -3.74. The van der Waals surface area contributed by atoms with E-state index in [2.05, 4.69) is 9.71 Å². The fourth-order valence-corrected chi connectivity index (χ4v) is 3.65. The van der Waals surface area contributed by atoms with Gasteiger partial charge in [-0.2, -0.15) is 0 Å². The number of pyridine rings is 1. The van der Waals surface area contributed by atoms with Crippen molar-refractivity contribution in [2.24, 2.45) is 0 Å². The molecule has 19 heavy (non-hydrogen) atoms. The molecule has 0 atom stereocenters. The van der Waals surface area contributed by atoms with Crippen molar-refractivity contribution < 1.29 is 18.3 Å². The molecule has 8 heteroatoms. The van der Waals surface area contributed by atoms with E-state index in [-0.39, 0.29) is 16.7 Å². The van der Waals surface area contributed by atoms with Gasteiger partial charge < -0.3 is 9.84 Å². The highest BCUT2D eigenvalue weighted by atomic mass is 35.5. The van der Waals surface area contributed by atoms with Crippen molar-refractivity contribution in [1.29, 1.82) is 0 Å². The number of nitrogens with one attached hydrogen (secondary N) is 1. The lowest BCUT2D eigenvalue weighted by Gasteiger charge is -2.35. The Morgan fingerprint density at radius 1 is 1.47 bits per heavy atom. The van der Waals surface area contributed by atoms with Crippen LogP contribution in [0.3, 0.4) is 0 Å². The Bertz CT molecular complexity index is 543. The Hall–Kier alpha value is -0.730. The maximum absolute atomic E-state index is 12.3. The van der Waals surface area contributed by atoms with Gasteiger partial charge in [-0.15, -0.1) is 0 Å². The smallest absolute Gasteiger partial charge is 0.241 e. The second-order valence-electron chi connectivity index (χ2n) is 4.47. The van der Waals surface area contributed by atoms with Gasteiger partial charge in [0.15, 0.2) is 0 Å². The molecule has 6 nitrogen and oxygen atoms in total. The fourth-order valence-electron chi connectivity index (χ4n) is 1.95. The van der Waals surface area contributed by atoms with Gasteiger partial charge in [0.05, 0.1) is 17.0 Å². The predicted molar refractivity (Wildman–Crippen MR) is 69.4 cm³/mol. The Balaban J connectivity index is 2.25. The molecule has 1 aliphatic rings. The van der Waals surface area contributed by atoms with Crippen molar-refractivity contribution in [2.45, 2.75) is 23.3 Å². The summed E-state index contributed by atoms with van der Waals surface area (Å²) in [5, 5.41) is 9.59. The van der Waals surface area contributed by atoms with Crippen LogP contribution in [0.4, 0.5) is 0 Å². The van der Waals surface area contributed by atoms with Crippen molar-refractivity contribution in [2.75, 3.05) is 19.8 Å². The van der Waals surface area contributed by atoms with Gasteiger partial charge in [-0.1, -0.05) is 11.6 Å². The van der Waals surface area contributed by atoms with Crippen LogP contribution in [0.15, 0.2) is 23.2 Å². The van der Waals surface area contributed by atoms with Gasteiger partial charge in [-0.3, -0.25) is 0 Å². The summed E-state index contributed by atoms with van der Waals surface area (Å²) >= 11 is 5.69. The van der Waals surface area contributed by atoms with Crippen molar-refractivity contribution >= 4 is 21.6 Å². The Labute approximate surface area is 116 Å². The number of ether oxygens (including phenoxy) is 1. The quantitative estimate of drug-likeness (QED) is 0.793. The van der Waals surface area contributed by atoms with Crippen LogP contribution in [0.1, 0.15) is 12.8 Å². The zero-order valence-electron chi connectivity index (χ0n) is 10.2. The maximum atomic E-state index is 12.3. The summed E-state index contributed by atoms with van der Waals surface area (Å²) in [7, 11) is -3.74. The standard InChI is InChI=1S/C11H15ClN2O4S/c12-10-7-9(1-4-13-10)19(16,17)14-11(8-15)2-5-18-6-3-11/h1,4,7,14-15H,2-3,5-6,8H2. The third kappa shape index (κ3) is 3.43. The van der Waals surface area contributed by atoms with Crippen molar-refractivity contribution in [1.82, 2.24) is 9.71 Å². The first kappa shape index (κ1) is 14.7. The van der Waals surface area contributed by atoms with Crippen LogP contribution < -0.4 is 4.72 Å². The van der Waals surface area contributed by atoms with E-state index in [1.165, 1.54) is 18.3 Å². The lowest BCUT2D eigenvalue weighted by atomic mass is 9.93. The molecule has 2 N–H and O–H groups in total. The van der Waals surface area contributed by atoms with E-state index in [0.717, 1.165) is 0 Å². The highest BCUT2D eigenvalue weighted by molar-refractivity contribution is 7.89. The highest BCUT2D eigenvalue weighted by Gasteiger charge is 2.36. The molecule has 2 heterocycles. The molecule has 0 spiro atoms. The SMILES string of the molecule is O=S(=O)(NC1(CO)CCOCC1)c1ccnc(Cl)c1. The Morgan fingerprint density at radius 2 is 2.16 bits per heavy atom. The molecule has 0 saturated carbocycles. The normalized spacial score (nSPS) is 19.3. The molecule has 2 rings (SSSR count). The number of aliphatic hydroxyl groups is 1. The minimum Gasteiger partial charge on any atom is -0.394 e. The van der Waals surface area contributed by atoms with Crippen molar-refractivity contribution in [3.05, 3.63) is 23.5 Å². The van der Waals surface area contributed by atoms with Crippen LogP contribution in [0.2, 0.25) is 5.15 Å². The minimum absolute atomic E-state index is 0.0341. The van der Waals surface area contributed by atoms with Crippen molar-refractivity contribution in [3.63, 3.8) is 0 Å². The molecule has 1 aromatic heterocycles. The van der Waals surface area contributed by atoms with Gasteiger partial charge in [0, 0.05) is 19.4 Å². The van der Waals surface area contributed by atoms with Crippen LogP contribution in [-0.4, -0.2) is 43.9 Å². The summed E-state index contributed by atoms with van der Waals surface area (Å²) in [6.07, 6.45) is 2.19. The molecule has 0 aromatic carbocycles. The number of hydrogen-bond donors (Lipinski definition) is 2. The summed E-state index contributed by atoms with van der Waals surface area (Å²) in [5.74, 6) is 0. The second-order valence-corrected chi connectivity index (χ2v) is 6.54. The molecule has 1 fully saturated rings. The summed E-state index contributed by atoms with van der Waals surface area (Å²) in [6, 6.07) is 2.63. The largest absolute Gasteiger partial charge is 0.394 e. The summed E-state index contributed by atoms with van der Waals surface area (Å²) in [4.78, 5) is 3.78. The summed E-state index contributed by atoms with van der Waals surface area (Å²) in [5.41, 5.74) is -0.868. The van der Waals surface area contributed by atoms with Crippen LogP contribution >= 0.6 is 11.6 Å². The number of aromatic nitrogens is 1. The number of halogens is 1. The monoisotopic (exact) mass is 306 g/mol. The molecular formula is C11H15ClN2O4S. The second kappa shape index (κ2) is 5.72. The van der Waals surface area contributed by atoms with E-state index in [1.54, 1.807) is 0 Å². The third-order valence-electron chi connectivity index (χ3n) is 3.11. The molecule has 0 aliphatic carbocycles. The molecule has 0 unspecified atom stereocenters. The number of rotatable bonds is 4. The number of aliphatic hydroxyl groups excluding tert-OH is 1. The van der Waals surface area contributed by atoms with Gasteiger partial charge in [0.2, 0.25) is 10.0 Å². The molecule has 0 radical (unpaired) electrons. The van der Waals surface area contributed by atoms with Gasteiger partial charge >= 0.3 is 0 Å². The number of sulfonamides is 1. The summed E-state index contributed by atoms with van der Waals surface area (Å²) in [6.45, 7) is 0.564. The number of hydrogen-bond acceptors (Lipinski definition) is 5. The molecule has 0 bridgehead atoms. The number of nitrogens with zero attached hydrogens (tertiary/aromatic N) is 1. The first-order chi connectivity index (χ1) is 8.97. The van der Waals surface area contributed by atoms with Crippen molar-refractivity contribution in [3.8, 4) is 0 Å². The van der Waals surface area contributed by atoms with E-state index in [0.29, 0.717) is 26.1 Å². The van der Waals surface area contributed by atoms with E-state index >= 15 is 0 Å². The average Bonchev–Trinajstić information content (AvgIpc) is 2.39. The van der Waals surface area contributed by atoms with Gasteiger partial charge in [-0.05, 0) is 25.0 Å². The average molecular weight is 307 g/mol. The van der Waals surface area contributed by atoms with Crippen LogP contribution in [-0.2, 0) is 14.8 Å². The molecule has 1 aliphatic heterocycles. The third-order valence-corrected chi connectivity index (χ3v) is 4.89. The van der Waals surface area contributed by atoms with Crippen LogP contribution in [0.5, 0.6) is 0 Å². The lowest BCUT2D eigenvalue weighted by Crippen LogP contribution is -2.54. The lowest BCUT2D eigenvalue weighted by molar-refractivity contribution is 0.0223. The van der Waals surface area contributed by atoms with E-state index in [1.807, 2.05) is 0 Å². The first-order valence-corrected chi connectivity index (χ1v) is 7.68. The maximum Gasteiger partial charge on any atom is 0.241 e. The van der Waals surface area contributed by atoms with Gasteiger partial charge in [-0.25, -0.2) is 18.1 Å². The van der Waals surface area contributed by atoms with Crippen LogP contribution in [0.25, 0.3) is 0 Å². The molecule has 1 saturated heterocycles. The van der Waals surface area contributed by atoms with Gasteiger partial charge in [0.1, 0.15) is 5.15 Å². The molecule has 0 amide bonds. The van der Waals surface area contributed by atoms with E-state index in [4.69, 9.17) is 16.3 Å². The highest BCUT2D eigenvalue weighted by Crippen LogP contribution is 2.23. The zero-order chi connectivity index (χ0) is 13.9. The van der Waals surface area contributed by atoms with Crippen LogP contribution in [0, 0.1) is 0 Å². The van der Waals surface area contributed by atoms with Gasteiger partial charge in [0.25, 0.3) is 0 Å². The zero-order valence-corrected chi connectivity index (χ0v) is 11.7. The molecular weight excluding hydrogens is 292 g/mol. The predicted octanol–water partition coefficient (Wildman–Crippen LogP) is 0.555. The Kier molecular flexibility index (Phi) is 4.42. The molecule has 1 aromatic rings. The topological polar surface area (TPSA) is 88.5 Å².